The molecule has 0 spiro atoms. The first-order valence-electron chi connectivity index (χ1n) is 3.83. The first kappa shape index (κ1) is 8.81. The van der Waals surface area contributed by atoms with Crippen LogP contribution in [0.2, 0.25) is 0 Å². The Hall–Kier alpha value is -0.280. The van der Waals surface area contributed by atoms with E-state index in [2.05, 4.69) is 10.6 Å². The van der Waals surface area contributed by atoms with E-state index in [1.165, 1.54) is 0 Å². The molecule has 0 aromatic heterocycles. The van der Waals surface area contributed by atoms with Crippen molar-refractivity contribution < 1.29 is 4.79 Å². The minimum Gasteiger partial charge on any atom is -0.356 e. The highest BCUT2D eigenvalue weighted by molar-refractivity contribution is 5.85. The van der Waals surface area contributed by atoms with E-state index in [0.29, 0.717) is 11.8 Å². The van der Waals surface area contributed by atoms with Crippen molar-refractivity contribution in [1.82, 2.24) is 10.6 Å². The first-order chi connectivity index (χ1) is 4.86. The molecule has 2 atom stereocenters. The SMILES string of the molecule is Cl.O=C1C[C@@H]2CNC[C@@H]2CN1. The molecule has 2 heterocycles. The Labute approximate surface area is 72.3 Å². The van der Waals surface area contributed by atoms with E-state index in [1.54, 1.807) is 0 Å². The Morgan fingerprint density at radius 3 is 2.73 bits per heavy atom. The standard InChI is InChI=1S/C7H12N2O.ClH/c10-7-1-5-2-8-3-6(5)4-9-7;/h5-6,8H,1-4H2,(H,9,10);1H/t5-,6-;/m1./s1. The number of nitrogens with one attached hydrogen (secondary N) is 2. The van der Waals surface area contributed by atoms with E-state index in [1.807, 2.05) is 0 Å². The summed E-state index contributed by atoms with van der Waals surface area (Å²) in [4.78, 5) is 10.9. The summed E-state index contributed by atoms with van der Waals surface area (Å²) in [5.74, 6) is 1.55. The molecule has 0 radical (unpaired) electrons. The van der Waals surface area contributed by atoms with Gasteiger partial charge in [-0.15, -0.1) is 12.4 Å². The van der Waals surface area contributed by atoms with Crippen LogP contribution < -0.4 is 10.6 Å². The molecule has 2 fully saturated rings. The van der Waals surface area contributed by atoms with E-state index >= 15 is 0 Å². The lowest BCUT2D eigenvalue weighted by Gasteiger charge is -2.23. The molecule has 3 nitrogen and oxygen atoms in total. The second kappa shape index (κ2) is 3.41. The number of rotatable bonds is 0. The average Bonchev–Trinajstić information content (AvgIpc) is 2.33. The molecule has 0 aromatic rings. The number of fused-ring (bicyclic) bond motifs is 1. The summed E-state index contributed by atoms with van der Waals surface area (Å²) >= 11 is 0. The molecule has 11 heavy (non-hydrogen) atoms. The summed E-state index contributed by atoms with van der Waals surface area (Å²) in [6.07, 6.45) is 0.734. The quantitative estimate of drug-likeness (QED) is 0.535. The minimum atomic E-state index is 0. The lowest BCUT2D eigenvalue weighted by Crippen LogP contribution is -2.39. The fourth-order valence-electron chi connectivity index (χ4n) is 1.82. The van der Waals surface area contributed by atoms with Crippen LogP contribution in [0.4, 0.5) is 0 Å². The van der Waals surface area contributed by atoms with E-state index in [4.69, 9.17) is 0 Å². The van der Waals surface area contributed by atoms with Crippen molar-refractivity contribution in [2.75, 3.05) is 19.6 Å². The van der Waals surface area contributed by atoms with E-state index < -0.39 is 0 Å². The van der Waals surface area contributed by atoms with Gasteiger partial charge in [-0.2, -0.15) is 0 Å². The van der Waals surface area contributed by atoms with Gasteiger partial charge >= 0.3 is 0 Å². The predicted octanol–water partition coefficient (Wildman–Crippen LogP) is -0.236. The number of halogens is 1. The zero-order valence-electron chi connectivity index (χ0n) is 6.30. The third-order valence-corrected chi connectivity index (χ3v) is 2.49. The lowest BCUT2D eigenvalue weighted by molar-refractivity contribution is -0.124. The molecule has 2 saturated heterocycles. The maximum absolute atomic E-state index is 10.9. The van der Waals surface area contributed by atoms with Gasteiger partial charge in [-0.05, 0) is 24.9 Å². The van der Waals surface area contributed by atoms with Crippen LogP contribution in [-0.4, -0.2) is 25.5 Å². The molecule has 0 aliphatic carbocycles. The van der Waals surface area contributed by atoms with Gasteiger partial charge in [-0.25, -0.2) is 0 Å². The molecule has 2 N–H and O–H groups in total. The van der Waals surface area contributed by atoms with Crippen LogP contribution in [-0.2, 0) is 4.79 Å². The molecule has 0 unspecified atom stereocenters. The Morgan fingerprint density at radius 2 is 1.91 bits per heavy atom. The molecule has 2 aliphatic rings. The average molecular weight is 177 g/mol. The van der Waals surface area contributed by atoms with Crippen LogP contribution in [0.15, 0.2) is 0 Å². The summed E-state index contributed by atoms with van der Waals surface area (Å²) in [6, 6.07) is 0. The van der Waals surface area contributed by atoms with Crippen LogP contribution in [0.1, 0.15) is 6.42 Å². The smallest absolute Gasteiger partial charge is 0.220 e. The number of piperidine rings is 1. The van der Waals surface area contributed by atoms with Crippen LogP contribution >= 0.6 is 12.4 Å². The number of amides is 1. The van der Waals surface area contributed by atoms with E-state index in [9.17, 15) is 4.79 Å². The second-order valence-electron chi connectivity index (χ2n) is 3.19. The van der Waals surface area contributed by atoms with Gasteiger partial charge in [0.15, 0.2) is 0 Å². The number of carbonyl (C=O) groups is 1. The summed E-state index contributed by atoms with van der Waals surface area (Å²) < 4.78 is 0. The third kappa shape index (κ3) is 1.65. The molecule has 1 amide bonds. The molecular weight excluding hydrogens is 164 g/mol. The molecule has 2 aliphatic heterocycles. The highest BCUT2D eigenvalue weighted by Gasteiger charge is 2.32. The van der Waals surface area contributed by atoms with Gasteiger partial charge < -0.3 is 10.6 Å². The largest absolute Gasteiger partial charge is 0.356 e. The predicted molar refractivity (Wildman–Crippen MR) is 44.7 cm³/mol. The number of hydrogen-bond acceptors (Lipinski definition) is 2. The van der Waals surface area contributed by atoms with Crippen LogP contribution in [0.3, 0.4) is 0 Å². The Bertz CT molecular complexity index is 163. The zero-order chi connectivity index (χ0) is 6.97. The highest BCUT2D eigenvalue weighted by atomic mass is 35.5. The van der Waals surface area contributed by atoms with Crippen LogP contribution in [0.5, 0.6) is 0 Å². The maximum Gasteiger partial charge on any atom is 0.220 e. The third-order valence-electron chi connectivity index (χ3n) is 2.49. The molecule has 0 saturated carbocycles. The number of carbonyl (C=O) groups excluding carboxylic acids is 1. The fourth-order valence-corrected chi connectivity index (χ4v) is 1.82. The van der Waals surface area contributed by atoms with Gasteiger partial charge in [0.2, 0.25) is 5.91 Å². The monoisotopic (exact) mass is 176 g/mol. The van der Waals surface area contributed by atoms with Crippen molar-refractivity contribution in [1.29, 1.82) is 0 Å². The van der Waals surface area contributed by atoms with E-state index in [0.717, 1.165) is 26.1 Å². The van der Waals surface area contributed by atoms with Crippen molar-refractivity contribution in [2.45, 2.75) is 6.42 Å². The van der Waals surface area contributed by atoms with Gasteiger partial charge in [-0.1, -0.05) is 0 Å². The Morgan fingerprint density at radius 1 is 1.18 bits per heavy atom. The summed E-state index contributed by atoms with van der Waals surface area (Å²) in [5, 5.41) is 6.17. The van der Waals surface area contributed by atoms with Crippen molar-refractivity contribution in [3.63, 3.8) is 0 Å². The lowest BCUT2D eigenvalue weighted by atomic mass is 9.89. The van der Waals surface area contributed by atoms with Crippen LogP contribution in [0, 0.1) is 11.8 Å². The summed E-state index contributed by atoms with van der Waals surface area (Å²) in [7, 11) is 0. The molecular formula is C7H13ClN2O. The van der Waals surface area contributed by atoms with Crippen molar-refractivity contribution in [3.05, 3.63) is 0 Å². The van der Waals surface area contributed by atoms with Crippen LogP contribution in [0.25, 0.3) is 0 Å². The summed E-state index contributed by atoms with van der Waals surface area (Å²) in [6.45, 7) is 3.01. The van der Waals surface area contributed by atoms with Gasteiger partial charge in [-0.3, -0.25) is 4.79 Å². The van der Waals surface area contributed by atoms with E-state index in [-0.39, 0.29) is 18.3 Å². The molecule has 2 rings (SSSR count). The molecule has 64 valence electrons. The minimum absolute atomic E-state index is 0. The van der Waals surface area contributed by atoms with Crippen molar-refractivity contribution in [3.8, 4) is 0 Å². The first-order valence-corrected chi connectivity index (χ1v) is 3.83. The van der Waals surface area contributed by atoms with Gasteiger partial charge in [0.05, 0.1) is 0 Å². The van der Waals surface area contributed by atoms with Gasteiger partial charge in [0, 0.05) is 13.0 Å². The second-order valence-corrected chi connectivity index (χ2v) is 3.19. The zero-order valence-corrected chi connectivity index (χ0v) is 7.12. The Balaban J connectivity index is 0.000000605. The summed E-state index contributed by atoms with van der Waals surface area (Å²) in [5.41, 5.74) is 0. The van der Waals surface area contributed by atoms with Gasteiger partial charge in [0.25, 0.3) is 0 Å². The Kier molecular flexibility index (Phi) is 2.73. The molecule has 0 aromatic carbocycles. The topological polar surface area (TPSA) is 41.1 Å². The molecule has 4 heteroatoms. The van der Waals surface area contributed by atoms with Crippen molar-refractivity contribution in [2.24, 2.45) is 11.8 Å². The fraction of sp³-hybridized carbons (Fsp3) is 0.857. The maximum atomic E-state index is 10.9. The van der Waals surface area contributed by atoms with Gasteiger partial charge in [0.1, 0.15) is 0 Å². The molecule has 0 bridgehead atoms. The highest BCUT2D eigenvalue weighted by Crippen LogP contribution is 2.22. The van der Waals surface area contributed by atoms with Crippen molar-refractivity contribution >= 4 is 18.3 Å². The normalized spacial score (nSPS) is 35.5. The number of hydrogen-bond donors (Lipinski definition) is 2.